The third kappa shape index (κ3) is 7.49. The van der Waals surface area contributed by atoms with E-state index in [0.29, 0.717) is 28.7 Å². The predicted molar refractivity (Wildman–Crippen MR) is 119 cm³/mol. The smallest absolute Gasteiger partial charge is 0.416 e. The van der Waals surface area contributed by atoms with Gasteiger partial charge in [0, 0.05) is 31.2 Å². The summed E-state index contributed by atoms with van der Waals surface area (Å²) in [5.41, 5.74) is -5.45. The van der Waals surface area contributed by atoms with Gasteiger partial charge in [-0.2, -0.15) is 39.5 Å². The second-order valence-corrected chi connectivity index (χ2v) is 8.69. The molecule has 0 atom stereocenters. The molecule has 3 aromatic rings. The lowest BCUT2D eigenvalue weighted by atomic mass is 10.0. The van der Waals surface area contributed by atoms with Crippen LogP contribution in [0.5, 0.6) is 0 Å². The Hall–Kier alpha value is -3.56. The van der Waals surface area contributed by atoms with Gasteiger partial charge in [-0.3, -0.25) is 5.32 Å². The van der Waals surface area contributed by atoms with Crippen LogP contribution in [0, 0.1) is 0 Å². The molecule has 0 radical (unpaired) electrons. The molecule has 204 valence electrons. The van der Waals surface area contributed by atoms with Crippen LogP contribution in [0.2, 0.25) is 0 Å². The molecule has 6 nitrogen and oxygen atoms in total. The van der Waals surface area contributed by atoms with Crippen LogP contribution < -0.4 is 10.2 Å². The van der Waals surface area contributed by atoms with Gasteiger partial charge in [0.1, 0.15) is 0 Å². The molecule has 0 saturated carbocycles. The number of hydrogen-bond donors (Lipinski definition) is 2. The number of nitrogens with one attached hydrogen (secondary N) is 1. The van der Waals surface area contributed by atoms with E-state index in [2.05, 4.69) is 25.9 Å². The van der Waals surface area contributed by atoms with Crippen molar-refractivity contribution in [3.8, 4) is 0 Å². The molecule has 38 heavy (non-hydrogen) atoms. The average Bonchev–Trinajstić information content (AvgIpc) is 2.78. The summed E-state index contributed by atoms with van der Waals surface area (Å²) in [6.45, 7) is -1.34. The summed E-state index contributed by atoms with van der Waals surface area (Å²) >= 11 is 3.07. The molecular formula is C22H14BrF9N4O2. The summed E-state index contributed by atoms with van der Waals surface area (Å²) in [4.78, 5) is 20.0. The number of carbonyl (C=O) groups is 1. The first-order chi connectivity index (χ1) is 17.4. The van der Waals surface area contributed by atoms with Gasteiger partial charge in [-0.05, 0) is 63.5 Å². The van der Waals surface area contributed by atoms with Gasteiger partial charge in [0.2, 0.25) is 5.95 Å². The number of nitrogens with zero attached hydrogens (tertiary/aromatic N) is 3. The Morgan fingerprint density at radius 2 is 1.34 bits per heavy atom. The molecule has 1 aromatic heterocycles. The molecule has 0 spiro atoms. The number of carboxylic acid groups (broad SMARTS) is 1. The lowest BCUT2D eigenvalue weighted by Gasteiger charge is -2.25. The van der Waals surface area contributed by atoms with Crippen LogP contribution in [0.3, 0.4) is 0 Å². The molecule has 0 aliphatic carbocycles. The Morgan fingerprint density at radius 1 is 0.816 bits per heavy atom. The van der Waals surface area contributed by atoms with Crippen LogP contribution in [-0.2, 0) is 31.6 Å². The van der Waals surface area contributed by atoms with E-state index < -0.39 is 60.0 Å². The lowest BCUT2D eigenvalue weighted by molar-refractivity contribution is -0.143. The number of hydrogen-bond acceptors (Lipinski definition) is 4. The average molecular weight is 617 g/mol. The van der Waals surface area contributed by atoms with E-state index in [1.165, 1.54) is 12.4 Å². The third-order valence-corrected chi connectivity index (χ3v) is 5.36. The molecule has 16 heteroatoms. The van der Waals surface area contributed by atoms with E-state index in [4.69, 9.17) is 5.11 Å². The van der Waals surface area contributed by atoms with Gasteiger partial charge in [0.05, 0.1) is 21.2 Å². The van der Waals surface area contributed by atoms with E-state index in [-0.39, 0.29) is 23.3 Å². The van der Waals surface area contributed by atoms with Crippen LogP contribution in [0.4, 0.5) is 55.9 Å². The maximum Gasteiger partial charge on any atom is 0.416 e. The largest absolute Gasteiger partial charge is 0.465 e. The Kier molecular flexibility index (Phi) is 8.14. The molecule has 0 aliphatic heterocycles. The summed E-state index contributed by atoms with van der Waals surface area (Å²) < 4.78 is 120. The Bertz CT molecular complexity index is 1280. The highest BCUT2D eigenvalue weighted by molar-refractivity contribution is 9.10. The zero-order chi connectivity index (χ0) is 28.5. The van der Waals surface area contributed by atoms with E-state index in [1.54, 1.807) is 0 Å². The summed E-state index contributed by atoms with van der Waals surface area (Å²) in [6.07, 6.45) is -14.3. The van der Waals surface area contributed by atoms with Crippen molar-refractivity contribution in [1.29, 1.82) is 0 Å². The number of halogens is 10. The van der Waals surface area contributed by atoms with Gasteiger partial charge in [-0.15, -0.1) is 0 Å². The van der Waals surface area contributed by atoms with Crippen molar-refractivity contribution in [1.82, 2.24) is 9.97 Å². The van der Waals surface area contributed by atoms with Crippen LogP contribution in [-0.4, -0.2) is 21.2 Å². The molecule has 2 N–H and O–H groups in total. The highest BCUT2D eigenvalue weighted by atomic mass is 79.9. The molecule has 0 unspecified atom stereocenters. The van der Waals surface area contributed by atoms with E-state index >= 15 is 0 Å². The van der Waals surface area contributed by atoms with Crippen LogP contribution in [0.15, 0.2) is 53.3 Å². The fourth-order valence-electron chi connectivity index (χ4n) is 3.34. The monoisotopic (exact) mass is 616 g/mol. The second kappa shape index (κ2) is 10.7. The minimum atomic E-state index is -5.13. The van der Waals surface area contributed by atoms with Crippen molar-refractivity contribution < 1.29 is 49.4 Å². The van der Waals surface area contributed by atoms with Crippen molar-refractivity contribution >= 4 is 33.7 Å². The second-order valence-electron chi connectivity index (χ2n) is 7.77. The van der Waals surface area contributed by atoms with E-state index in [0.717, 1.165) is 11.0 Å². The van der Waals surface area contributed by atoms with E-state index in [1.807, 2.05) is 5.32 Å². The van der Waals surface area contributed by atoms with Gasteiger partial charge >= 0.3 is 24.6 Å². The molecule has 0 saturated heterocycles. The van der Waals surface area contributed by atoms with Crippen molar-refractivity contribution in [3.63, 3.8) is 0 Å². The first-order valence-corrected chi connectivity index (χ1v) is 10.9. The quantitative estimate of drug-likeness (QED) is 0.279. The van der Waals surface area contributed by atoms with Crippen LogP contribution in [0.1, 0.15) is 27.8 Å². The minimum absolute atomic E-state index is 0.0638. The molecular weight excluding hydrogens is 603 g/mol. The van der Waals surface area contributed by atoms with Crippen LogP contribution >= 0.6 is 15.9 Å². The van der Waals surface area contributed by atoms with Gasteiger partial charge in [0.25, 0.3) is 0 Å². The summed E-state index contributed by atoms with van der Waals surface area (Å²) in [5, 5.41) is 11.0. The van der Waals surface area contributed by atoms with E-state index in [9.17, 15) is 44.3 Å². The fraction of sp³-hybridized carbons (Fsp3) is 0.227. The van der Waals surface area contributed by atoms with Gasteiger partial charge in [0.15, 0.2) is 0 Å². The van der Waals surface area contributed by atoms with Gasteiger partial charge < -0.3 is 10.0 Å². The lowest BCUT2D eigenvalue weighted by Crippen LogP contribution is -2.26. The number of rotatable bonds is 6. The zero-order valence-corrected chi connectivity index (χ0v) is 20.1. The summed E-state index contributed by atoms with van der Waals surface area (Å²) in [5.74, 6) is -0.266. The standard InChI is InChI=1S/C22H14BrF9N4O2/c23-16-7-33-18(34-8-16)36(9-11-3-14(21(27,28)29)6-15(4-11)22(30,31)32)10-12-5-13(20(24,25)26)1-2-17(12)35-19(37)38/h1-8,35H,9-10H2,(H,37,38). The molecule has 0 fully saturated rings. The molecule has 1 heterocycles. The Balaban J connectivity index is 2.14. The van der Waals surface area contributed by atoms with Gasteiger partial charge in [-0.25, -0.2) is 14.8 Å². The number of aromatic nitrogens is 2. The highest BCUT2D eigenvalue weighted by Gasteiger charge is 2.37. The topological polar surface area (TPSA) is 78.4 Å². The predicted octanol–water partition coefficient (Wildman–Crippen LogP) is 7.59. The molecule has 1 amide bonds. The Labute approximate surface area is 216 Å². The number of benzene rings is 2. The normalized spacial score (nSPS) is 12.4. The number of alkyl halides is 9. The zero-order valence-electron chi connectivity index (χ0n) is 18.5. The molecule has 0 bridgehead atoms. The van der Waals surface area contributed by atoms with Crippen molar-refractivity contribution in [2.75, 3.05) is 10.2 Å². The van der Waals surface area contributed by atoms with Crippen molar-refractivity contribution in [2.24, 2.45) is 0 Å². The third-order valence-electron chi connectivity index (χ3n) is 4.95. The SMILES string of the molecule is O=C(O)Nc1ccc(C(F)(F)F)cc1CN(Cc1cc(C(F)(F)F)cc(C(F)(F)F)c1)c1ncc(Br)cn1. The minimum Gasteiger partial charge on any atom is -0.465 e. The van der Waals surface area contributed by atoms with Crippen molar-refractivity contribution in [2.45, 2.75) is 31.6 Å². The molecule has 2 aromatic carbocycles. The van der Waals surface area contributed by atoms with Gasteiger partial charge in [-0.1, -0.05) is 0 Å². The first kappa shape index (κ1) is 29.0. The van der Waals surface area contributed by atoms with Crippen LogP contribution in [0.25, 0.3) is 0 Å². The number of amides is 1. The fourth-order valence-corrected chi connectivity index (χ4v) is 3.55. The maximum atomic E-state index is 13.3. The molecule has 0 aliphatic rings. The maximum absolute atomic E-state index is 13.3. The molecule has 3 rings (SSSR count). The Morgan fingerprint density at radius 3 is 1.82 bits per heavy atom. The summed E-state index contributed by atoms with van der Waals surface area (Å²) in [6, 6.07) is 2.90. The summed E-state index contributed by atoms with van der Waals surface area (Å²) in [7, 11) is 0. The highest BCUT2D eigenvalue weighted by Crippen LogP contribution is 2.37. The number of anilines is 2. The first-order valence-electron chi connectivity index (χ1n) is 10.1. The van der Waals surface area contributed by atoms with Crippen molar-refractivity contribution in [3.05, 3.63) is 81.1 Å².